The first-order chi connectivity index (χ1) is 13.1. The second-order valence-electron chi connectivity index (χ2n) is 5.60. The van der Waals surface area contributed by atoms with Gasteiger partial charge in [0.05, 0.1) is 5.56 Å². The van der Waals surface area contributed by atoms with Gasteiger partial charge in [-0.25, -0.2) is 19.7 Å². The average molecular weight is 400 g/mol. The molecule has 2 heterocycles. The summed E-state index contributed by atoms with van der Waals surface area (Å²) < 4.78 is 11.0. The Kier molecular flexibility index (Phi) is 4.75. The maximum absolute atomic E-state index is 12.3. The first-order valence-corrected chi connectivity index (χ1v) is 8.64. The van der Waals surface area contributed by atoms with Crippen molar-refractivity contribution >= 4 is 40.3 Å². The van der Waals surface area contributed by atoms with Gasteiger partial charge in [-0.2, -0.15) is 0 Å². The van der Waals surface area contributed by atoms with E-state index in [9.17, 15) is 4.79 Å². The lowest BCUT2D eigenvalue weighted by Crippen LogP contribution is -2.07. The molecule has 2 aromatic heterocycles. The number of hydrogen-bond acceptors (Lipinski definition) is 6. The molecule has 0 saturated heterocycles. The molecule has 0 spiro atoms. The number of carbonyl (C=O) groups excluding carboxylic acids is 1. The zero-order chi connectivity index (χ0) is 18.8. The van der Waals surface area contributed by atoms with Gasteiger partial charge in [-0.3, -0.25) is 0 Å². The van der Waals surface area contributed by atoms with E-state index in [4.69, 9.17) is 32.4 Å². The molecule has 0 saturated carbocycles. The number of esters is 1. The topological polar surface area (TPSA) is 78.1 Å². The Hall–Kier alpha value is -2.96. The fourth-order valence-corrected chi connectivity index (χ4v) is 3.00. The molecule has 6 nitrogen and oxygen atoms in total. The summed E-state index contributed by atoms with van der Waals surface area (Å²) in [7, 11) is 0. The van der Waals surface area contributed by atoms with Gasteiger partial charge < -0.3 is 9.15 Å². The number of nitrogens with zero attached hydrogens (tertiary/aromatic N) is 3. The van der Waals surface area contributed by atoms with E-state index in [2.05, 4.69) is 15.0 Å². The van der Waals surface area contributed by atoms with Crippen molar-refractivity contribution in [2.24, 2.45) is 0 Å². The zero-order valence-electron chi connectivity index (χ0n) is 13.7. The summed E-state index contributed by atoms with van der Waals surface area (Å²) in [5.41, 5.74) is 2.04. The predicted molar refractivity (Wildman–Crippen MR) is 101 cm³/mol. The maximum atomic E-state index is 12.3. The highest BCUT2D eigenvalue weighted by molar-refractivity contribution is 6.35. The standard InChI is InChI=1S/C19H11Cl2N3O3/c20-13-6-12(7-14(21)9-13)18-24-15-3-2-11(8-16(15)27-18)19(25)26-10-17-22-4-1-5-23-17/h1-9H,10H2. The van der Waals surface area contributed by atoms with Crippen molar-refractivity contribution in [3.05, 3.63) is 76.3 Å². The Balaban J connectivity index is 1.58. The molecular formula is C19H11Cl2N3O3. The smallest absolute Gasteiger partial charge is 0.338 e. The number of rotatable bonds is 4. The van der Waals surface area contributed by atoms with Gasteiger partial charge in [0.15, 0.2) is 18.0 Å². The van der Waals surface area contributed by atoms with Crippen LogP contribution in [0.1, 0.15) is 16.2 Å². The minimum absolute atomic E-state index is 0.0135. The van der Waals surface area contributed by atoms with Crippen LogP contribution in [-0.4, -0.2) is 20.9 Å². The Labute approximate surface area is 163 Å². The van der Waals surface area contributed by atoms with Gasteiger partial charge in [0.1, 0.15) is 5.52 Å². The average Bonchev–Trinajstić information content (AvgIpc) is 3.09. The molecule has 0 aliphatic heterocycles. The highest BCUT2D eigenvalue weighted by Crippen LogP contribution is 2.29. The predicted octanol–water partition coefficient (Wildman–Crippen LogP) is 4.95. The van der Waals surface area contributed by atoms with E-state index in [1.165, 1.54) is 0 Å². The molecule has 0 fully saturated rings. The molecule has 0 N–H and O–H groups in total. The number of aromatic nitrogens is 3. The Morgan fingerprint density at radius 2 is 1.78 bits per heavy atom. The van der Waals surface area contributed by atoms with Gasteiger partial charge in [-0.05, 0) is 42.5 Å². The summed E-state index contributed by atoms with van der Waals surface area (Å²) in [6.45, 7) is -0.0135. The molecule has 0 aliphatic carbocycles. The minimum atomic E-state index is -0.506. The fraction of sp³-hybridized carbons (Fsp3) is 0.0526. The van der Waals surface area contributed by atoms with Crippen LogP contribution in [0.4, 0.5) is 0 Å². The van der Waals surface area contributed by atoms with Crippen molar-refractivity contribution in [1.82, 2.24) is 15.0 Å². The van der Waals surface area contributed by atoms with Crippen LogP contribution in [0.5, 0.6) is 0 Å². The Morgan fingerprint density at radius 1 is 1.04 bits per heavy atom. The van der Waals surface area contributed by atoms with Crippen molar-refractivity contribution in [3.63, 3.8) is 0 Å². The Bertz CT molecular complexity index is 1110. The number of carbonyl (C=O) groups is 1. The van der Waals surface area contributed by atoms with E-state index in [1.807, 2.05) is 0 Å². The first kappa shape index (κ1) is 17.5. The van der Waals surface area contributed by atoms with Crippen molar-refractivity contribution in [2.75, 3.05) is 0 Å². The number of fused-ring (bicyclic) bond motifs is 1. The second kappa shape index (κ2) is 7.34. The van der Waals surface area contributed by atoms with Crippen LogP contribution in [-0.2, 0) is 11.3 Å². The quantitative estimate of drug-likeness (QED) is 0.451. The number of ether oxygens (including phenoxy) is 1. The third kappa shape index (κ3) is 3.92. The van der Waals surface area contributed by atoms with Crippen molar-refractivity contribution < 1.29 is 13.9 Å². The monoisotopic (exact) mass is 399 g/mol. The lowest BCUT2D eigenvalue weighted by Gasteiger charge is -2.03. The molecular weight excluding hydrogens is 389 g/mol. The molecule has 0 bridgehead atoms. The van der Waals surface area contributed by atoms with E-state index >= 15 is 0 Å². The highest BCUT2D eigenvalue weighted by atomic mass is 35.5. The van der Waals surface area contributed by atoms with E-state index in [1.54, 1.807) is 54.9 Å². The largest absolute Gasteiger partial charge is 0.454 e. The molecule has 0 aliphatic rings. The van der Waals surface area contributed by atoms with Crippen LogP contribution in [0.3, 0.4) is 0 Å². The summed E-state index contributed by atoms with van der Waals surface area (Å²) in [6, 6.07) is 11.6. The summed E-state index contributed by atoms with van der Waals surface area (Å²) in [5, 5.41) is 0.958. The summed E-state index contributed by atoms with van der Waals surface area (Å²) in [4.78, 5) is 24.7. The van der Waals surface area contributed by atoms with Gasteiger partial charge in [-0.1, -0.05) is 23.2 Å². The van der Waals surface area contributed by atoms with E-state index in [0.717, 1.165) is 0 Å². The van der Waals surface area contributed by atoms with Gasteiger partial charge >= 0.3 is 5.97 Å². The normalized spacial score (nSPS) is 10.9. The number of halogens is 2. The fourth-order valence-electron chi connectivity index (χ4n) is 2.47. The number of hydrogen-bond donors (Lipinski definition) is 0. The molecule has 0 amide bonds. The minimum Gasteiger partial charge on any atom is -0.454 e. The van der Waals surface area contributed by atoms with Gasteiger partial charge in [0, 0.05) is 28.0 Å². The molecule has 8 heteroatoms. The maximum Gasteiger partial charge on any atom is 0.338 e. The molecule has 2 aromatic carbocycles. The van der Waals surface area contributed by atoms with Crippen LogP contribution in [0.2, 0.25) is 10.0 Å². The second-order valence-corrected chi connectivity index (χ2v) is 6.47. The SMILES string of the molecule is O=C(OCc1ncccn1)c1ccc2nc(-c3cc(Cl)cc(Cl)c3)oc2c1. The van der Waals surface area contributed by atoms with Crippen molar-refractivity contribution in [1.29, 1.82) is 0 Å². The molecule has 0 atom stereocenters. The highest BCUT2D eigenvalue weighted by Gasteiger charge is 2.14. The third-order valence-electron chi connectivity index (χ3n) is 3.69. The van der Waals surface area contributed by atoms with E-state index < -0.39 is 5.97 Å². The number of oxazole rings is 1. The van der Waals surface area contributed by atoms with Crippen molar-refractivity contribution in [3.8, 4) is 11.5 Å². The Morgan fingerprint density at radius 3 is 2.52 bits per heavy atom. The van der Waals surface area contributed by atoms with Crippen LogP contribution < -0.4 is 0 Å². The van der Waals surface area contributed by atoms with Crippen molar-refractivity contribution in [2.45, 2.75) is 6.61 Å². The lowest BCUT2D eigenvalue weighted by atomic mass is 10.2. The lowest BCUT2D eigenvalue weighted by molar-refractivity contribution is 0.0462. The summed E-state index contributed by atoms with van der Waals surface area (Å²) in [6.07, 6.45) is 3.17. The molecule has 134 valence electrons. The van der Waals surface area contributed by atoms with Gasteiger partial charge in [0.25, 0.3) is 0 Å². The van der Waals surface area contributed by atoms with Crippen LogP contribution in [0, 0.1) is 0 Å². The molecule has 0 radical (unpaired) electrons. The van der Waals surface area contributed by atoms with Crippen LogP contribution >= 0.6 is 23.2 Å². The molecule has 4 rings (SSSR count). The van der Waals surface area contributed by atoms with Crippen LogP contribution in [0.25, 0.3) is 22.6 Å². The van der Waals surface area contributed by atoms with Gasteiger partial charge in [0.2, 0.25) is 5.89 Å². The first-order valence-electron chi connectivity index (χ1n) is 7.88. The van der Waals surface area contributed by atoms with E-state index in [-0.39, 0.29) is 6.61 Å². The van der Waals surface area contributed by atoms with Gasteiger partial charge in [-0.15, -0.1) is 0 Å². The summed E-state index contributed by atoms with van der Waals surface area (Å²) >= 11 is 12.1. The van der Waals surface area contributed by atoms with E-state index in [0.29, 0.717) is 44.0 Å². The summed E-state index contributed by atoms with van der Waals surface area (Å²) in [5.74, 6) is 0.275. The molecule has 0 unspecified atom stereocenters. The number of benzene rings is 2. The van der Waals surface area contributed by atoms with Crippen LogP contribution in [0.15, 0.2) is 59.3 Å². The molecule has 27 heavy (non-hydrogen) atoms. The third-order valence-corrected chi connectivity index (χ3v) is 4.12. The molecule has 4 aromatic rings. The zero-order valence-corrected chi connectivity index (χ0v) is 15.2.